The smallest absolute Gasteiger partial charge is 0.0738 e. The Morgan fingerprint density at radius 1 is 0.526 bits per heavy atom. The highest BCUT2D eigenvalue weighted by Gasteiger charge is 2.15. The number of aliphatic imine (C=N–C) groups is 2. The van der Waals surface area contributed by atoms with Crippen LogP contribution in [-0.4, -0.2) is 12.4 Å². The molecule has 0 N–H and O–H groups in total. The molecule has 194 valence electrons. The summed E-state index contributed by atoms with van der Waals surface area (Å²) >= 11 is 0. The van der Waals surface area contributed by atoms with Gasteiger partial charge in [0.05, 0.1) is 11.4 Å². The zero-order valence-corrected chi connectivity index (χ0v) is 24.2. The van der Waals surface area contributed by atoms with E-state index in [1.165, 1.54) is 66.8 Å². The average molecular weight is 501 g/mol. The minimum Gasteiger partial charge on any atom is -0.254 e. The van der Waals surface area contributed by atoms with Crippen molar-refractivity contribution < 1.29 is 0 Å². The monoisotopic (exact) mass is 500 g/mol. The van der Waals surface area contributed by atoms with Crippen molar-refractivity contribution in [3.8, 4) is 22.3 Å². The summed E-state index contributed by atoms with van der Waals surface area (Å²) in [7, 11) is 0. The summed E-state index contributed by atoms with van der Waals surface area (Å²) in [6.45, 7) is 17.4. The van der Waals surface area contributed by atoms with E-state index < -0.39 is 0 Å². The van der Waals surface area contributed by atoms with Crippen LogP contribution >= 0.6 is 0 Å². The molecule has 0 radical (unpaired) electrons. The molecule has 2 nitrogen and oxygen atoms in total. The van der Waals surface area contributed by atoms with E-state index in [2.05, 4.69) is 116 Å². The van der Waals surface area contributed by atoms with Gasteiger partial charge >= 0.3 is 0 Å². The van der Waals surface area contributed by atoms with Gasteiger partial charge in [-0.3, -0.25) is 9.98 Å². The minimum atomic E-state index is 0.989. The molecule has 38 heavy (non-hydrogen) atoms. The first kappa shape index (κ1) is 27.3. The lowest BCUT2D eigenvalue weighted by molar-refractivity contribution is 1.13. The number of hydrogen-bond acceptors (Lipinski definition) is 2. The number of nitrogens with zero attached hydrogens (tertiary/aromatic N) is 2. The Balaban J connectivity index is 1.80. The molecule has 0 heterocycles. The second-order valence-electron chi connectivity index (χ2n) is 10.4. The fourth-order valence-corrected chi connectivity index (χ4v) is 5.68. The second-order valence-corrected chi connectivity index (χ2v) is 10.4. The molecule has 0 atom stereocenters. The van der Waals surface area contributed by atoms with E-state index in [0.717, 1.165) is 24.2 Å². The van der Waals surface area contributed by atoms with Crippen LogP contribution in [0.15, 0.2) is 70.6 Å². The number of rotatable bonds is 7. The SMILES string of the molecule is CCc1cccc(C)c1-c1cc(C)cc(C)c1N=CC=Nc1c(C)cc(C)cc1-c1c(C)cccc1CC. The Morgan fingerprint density at radius 3 is 1.29 bits per heavy atom. The van der Waals surface area contributed by atoms with Crippen LogP contribution in [0.1, 0.15) is 58.4 Å². The maximum Gasteiger partial charge on any atom is 0.0738 e. The van der Waals surface area contributed by atoms with E-state index >= 15 is 0 Å². The Kier molecular flexibility index (Phi) is 8.42. The Hall–Kier alpha value is -3.78. The minimum absolute atomic E-state index is 0.989. The first-order valence-electron chi connectivity index (χ1n) is 13.7. The second kappa shape index (κ2) is 11.7. The Bertz CT molecular complexity index is 1420. The first-order chi connectivity index (χ1) is 18.2. The van der Waals surface area contributed by atoms with Crippen LogP contribution in [-0.2, 0) is 12.8 Å². The fraction of sp³-hybridized carbons (Fsp3) is 0.278. The van der Waals surface area contributed by atoms with E-state index in [9.17, 15) is 0 Å². The van der Waals surface area contributed by atoms with Crippen molar-refractivity contribution >= 4 is 23.8 Å². The summed E-state index contributed by atoms with van der Waals surface area (Å²) in [6.07, 6.45) is 5.69. The molecular formula is C36H40N2. The molecule has 0 aromatic heterocycles. The number of aryl methyl sites for hydroxylation is 8. The van der Waals surface area contributed by atoms with Crippen LogP contribution in [0.4, 0.5) is 11.4 Å². The molecule has 4 rings (SSSR count). The molecule has 0 saturated carbocycles. The first-order valence-corrected chi connectivity index (χ1v) is 13.7. The third-order valence-corrected chi connectivity index (χ3v) is 7.38. The maximum absolute atomic E-state index is 4.98. The van der Waals surface area contributed by atoms with Crippen LogP contribution in [0, 0.1) is 41.5 Å². The molecule has 4 aromatic rings. The largest absolute Gasteiger partial charge is 0.254 e. The lowest BCUT2D eigenvalue weighted by Crippen LogP contribution is -1.95. The predicted molar refractivity (Wildman–Crippen MR) is 167 cm³/mol. The topological polar surface area (TPSA) is 24.7 Å². The molecule has 0 spiro atoms. The number of hydrogen-bond donors (Lipinski definition) is 0. The van der Waals surface area contributed by atoms with Gasteiger partial charge in [0, 0.05) is 23.6 Å². The van der Waals surface area contributed by atoms with Gasteiger partial charge in [0.2, 0.25) is 0 Å². The van der Waals surface area contributed by atoms with Crippen molar-refractivity contribution in [3.05, 3.63) is 105 Å². The van der Waals surface area contributed by atoms with Gasteiger partial charge in [-0.2, -0.15) is 0 Å². The maximum atomic E-state index is 4.98. The van der Waals surface area contributed by atoms with E-state index in [1.54, 1.807) is 0 Å². The third kappa shape index (κ3) is 5.55. The highest BCUT2D eigenvalue weighted by Crippen LogP contribution is 2.40. The van der Waals surface area contributed by atoms with Crippen molar-refractivity contribution in [2.24, 2.45) is 9.98 Å². The number of benzene rings is 4. The highest BCUT2D eigenvalue weighted by atomic mass is 14.8. The molecule has 0 bridgehead atoms. The fourth-order valence-electron chi connectivity index (χ4n) is 5.68. The molecule has 0 aliphatic rings. The summed E-state index contributed by atoms with van der Waals surface area (Å²) < 4.78 is 0. The molecule has 0 fully saturated rings. The van der Waals surface area contributed by atoms with E-state index in [1.807, 2.05) is 12.4 Å². The molecule has 0 saturated heterocycles. The summed E-state index contributed by atoms with van der Waals surface area (Å²) in [4.78, 5) is 9.96. The summed E-state index contributed by atoms with van der Waals surface area (Å²) in [6, 6.07) is 22.1. The molecule has 0 aliphatic carbocycles. The van der Waals surface area contributed by atoms with Crippen molar-refractivity contribution in [3.63, 3.8) is 0 Å². The zero-order valence-electron chi connectivity index (χ0n) is 24.2. The van der Waals surface area contributed by atoms with Crippen molar-refractivity contribution in [1.82, 2.24) is 0 Å². The highest BCUT2D eigenvalue weighted by molar-refractivity contribution is 6.18. The van der Waals surface area contributed by atoms with Crippen LogP contribution in [0.25, 0.3) is 22.3 Å². The van der Waals surface area contributed by atoms with E-state index in [4.69, 9.17) is 9.98 Å². The summed E-state index contributed by atoms with van der Waals surface area (Å²) in [5.41, 5.74) is 17.1. The van der Waals surface area contributed by atoms with Crippen molar-refractivity contribution in [1.29, 1.82) is 0 Å². The van der Waals surface area contributed by atoms with Crippen LogP contribution < -0.4 is 0 Å². The van der Waals surface area contributed by atoms with Crippen LogP contribution in [0.5, 0.6) is 0 Å². The van der Waals surface area contributed by atoms with Gasteiger partial charge in [0.15, 0.2) is 0 Å². The lowest BCUT2D eigenvalue weighted by atomic mass is 9.90. The van der Waals surface area contributed by atoms with Gasteiger partial charge in [-0.15, -0.1) is 0 Å². The van der Waals surface area contributed by atoms with Gasteiger partial charge in [-0.05, 0) is 111 Å². The van der Waals surface area contributed by atoms with Gasteiger partial charge < -0.3 is 0 Å². The third-order valence-electron chi connectivity index (χ3n) is 7.38. The average Bonchev–Trinajstić information content (AvgIpc) is 2.87. The van der Waals surface area contributed by atoms with Gasteiger partial charge in [0.1, 0.15) is 0 Å². The summed E-state index contributed by atoms with van der Waals surface area (Å²) in [5, 5.41) is 0. The molecule has 0 amide bonds. The van der Waals surface area contributed by atoms with Gasteiger partial charge in [0.25, 0.3) is 0 Å². The van der Waals surface area contributed by atoms with E-state index in [0.29, 0.717) is 0 Å². The normalized spacial score (nSPS) is 11.7. The molecule has 4 aromatic carbocycles. The Labute approximate surface area is 229 Å². The molecule has 0 aliphatic heterocycles. The lowest BCUT2D eigenvalue weighted by Gasteiger charge is -2.17. The predicted octanol–water partition coefficient (Wildman–Crippen LogP) is 10.1. The summed E-state index contributed by atoms with van der Waals surface area (Å²) in [5.74, 6) is 0. The van der Waals surface area contributed by atoms with Crippen LogP contribution in [0.3, 0.4) is 0 Å². The quantitative estimate of drug-likeness (QED) is 0.226. The van der Waals surface area contributed by atoms with Gasteiger partial charge in [-0.1, -0.05) is 73.5 Å². The van der Waals surface area contributed by atoms with Crippen molar-refractivity contribution in [2.45, 2.75) is 68.2 Å². The van der Waals surface area contributed by atoms with Crippen LogP contribution in [0.2, 0.25) is 0 Å². The molecular weight excluding hydrogens is 460 g/mol. The standard InChI is InChI=1S/C36H40N2/c1-9-29-15-11-13-25(5)33(29)31-21-23(3)19-27(7)35(31)37-17-18-38-36-28(8)20-24(4)22-32(36)34-26(6)14-12-16-30(34)10-2/h11-22H,9-10H2,1-8H3. The molecule has 0 unspecified atom stereocenters. The van der Waals surface area contributed by atoms with Crippen molar-refractivity contribution in [2.75, 3.05) is 0 Å². The molecule has 2 heteroatoms. The zero-order chi connectivity index (χ0) is 27.4. The van der Waals surface area contributed by atoms with E-state index in [-0.39, 0.29) is 0 Å². The Morgan fingerprint density at radius 2 is 0.921 bits per heavy atom. The van der Waals surface area contributed by atoms with Gasteiger partial charge in [-0.25, -0.2) is 0 Å².